The Morgan fingerprint density at radius 2 is 2.22 bits per heavy atom. The maximum absolute atomic E-state index is 11.8. The molecule has 0 unspecified atom stereocenters. The number of rotatable bonds is 0. The Balaban J connectivity index is 2.02. The number of fused-ring (bicyclic) bond motifs is 3. The summed E-state index contributed by atoms with van der Waals surface area (Å²) in [5.74, 6) is 0.587. The second-order valence-corrected chi connectivity index (χ2v) is 6.57. The fraction of sp³-hybridized carbons (Fsp3) is 0.800. The molecule has 100 valence electrons. The summed E-state index contributed by atoms with van der Waals surface area (Å²) in [6.45, 7) is 6.02. The van der Waals surface area contributed by atoms with Crippen LogP contribution in [0.1, 0.15) is 40.0 Å². The maximum Gasteiger partial charge on any atom is 0.309 e. The van der Waals surface area contributed by atoms with E-state index >= 15 is 0 Å². The van der Waals surface area contributed by atoms with Crippen LogP contribution in [0.2, 0.25) is 0 Å². The number of esters is 1. The number of aliphatic hydroxyl groups is 1. The standard InChI is InChI=1S/C15H22O3/c1-8-4-5-11-9(2)14(16)18-13(11)12-10(8)6-7-15(12,3)17/h4,9-13,17H,5-7H2,1-3H3/t9-,10+,11-,12-,13-,15-/m0/s1. The van der Waals surface area contributed by atoms with Gasteiger partial charge in [0.2, 0.25) is 0 Å². The number of carbonyl (C=O) groups excluding carboxylic acids is 1. The second-order valence-electron chi connectivity index (χ2n) is 6.57. The van der Waals surface area contributed by atoms with E-state index in [4.69, 9.17) is 4.74 Å². The zero-order valence-corrected chi connectivity index (χ0v) is 11.3. The van der Waals surface area contributed by atoms with Gasteiger partial charge in [-0.05, 0) is 39.0 Å². The molecule has 2 aliphatic carbocycles. The van der Waals surface area contributed by atoms with Crippen molar-refractivity contribution in [3.63, 3.8) is 0 Å². The first kappa shape index (κ1) is 12.2. The molecule has 0 spiro atoms. The maximum atomic E-state index is 11.8. The molecule has 0 aromatic heterocycles. The van der Waals surface area contributed by atoms with Crippen molar-refractivity contribution >= 4 is 5.97 Å². The molecule has 0 aromatic carbocycles. The van der Waals surface area contributed by atoms with E-state index in [0.717, 1.165) is 19.3 Å². The van der Waals surface area contributed by atoms with Gasteiger partial charge in [0.25, 0.3) is 0 Å². The summed E-state index contributed by atoms with van der Waals surface area (Å²) in [5, 5.41) is 10.6. The highest BCUT2D eigenvalue weighted by molar-refractivity contribution is 5.75. The van der Waals surface area contributed by atoms with E-state index in [1.165, 1.54) is 5.57 Å². The van der Waals surface area contributed by atoms with Gasteiger partial charge >= 0.3 is 5.97 Å². The van der Waals surface area contributed by atoms with Gasteiger partial charge in [0.15, 0.2) is 0 Å². The summed E-state index contributed by atoms with van der Waals surface area (Å²) >= 11 is 0. The van der Waals surface area contributed by atoms with E-state index in [1.807, 2.05) is 13.8 Å². The van der Waals surface area contributed by atoms with E-state index in [0.29, 0.717) is 5.92 Å². The van der Waals surface area contributed by atoms with Gasteiger partial charge in [-0.3, -0.25) is 4.79 Å². The van der Waals surface area contributed by atoms with Crippen molar-refractivity contribution in [2.45, 2.75) is 51.7 Å². The minimum atomic E-state index is -0.697. The summed E-state index contributed by atoms with van der Waals surface area (Å²) in [6.07, 6.45) is 4.90. The fourth-order valence-corrected chi connectivity index (χ4v) is 4.26. The fourth-order valence-electron chi connectivity index (χ4n) is 4.26. The molecule has 0 amide bonds. The molecule has 3 heteroatoms. The molecule has 1 heterocycles. The summed E-state index contributed by atoms with van der Waals surface area (Å²) in [5.41, 5.74) is 0.674. The first-order valence-corrected chi connectivity index (χ1v) is 7.01. The van der Waals surface area contributed by atoms with Crippen LogP contribution in [0.4, 0.5) is 0 Å². The van der Waals surface area contributed by atoms with Gasteiger partial charge in [0.05, 0.1) is 11.5 Å². The van der Waals surface area contributed by atoms with Crippen molar-refractivity contribution in [1.29, 1.82) is 0 Å². The topological polar surface area (TPSA) is 46.5 Å². The highest BCUT2D eigenvalue weighted by atomic mass is 16.6. The molecule has 6 atom stereocenters. The first-order chi connectivity index (χ1) is 8.42. The number of allylic oxidation sites excluding steroid dienone is 2. The summed E-state index contributed by atoms with van der Waals surface area (Å²) in [4.78, 5) is 11.8. The zero-order chi connectivity index (χ0) is 13.1. The molecule has 1 saturated heterocycles. The van der Waals surface area contributed by atoms with Crippen molar-refractivity contribution < 1.29 is 14.6 Å². The van der Waals surface area contributed by atoms with Crippen LogP contribution < -0.4 is 0 Å². The summed E-state index contributed by atoms with van der Waals surface area (Å²) in [7, 11) is 0. The molecule has 1 saturated carbocycles. The number of hydrogen-bond donors (Lipinski definition) is 1. The molecule has 3 nitrogen and oxygen atoms in total. The monoisotopic (exact) mass is 250 g/mol. The van der Waals surface area contributed by atoms with Crippen molar-refractivity contribution in [3.05, 3.63) is 11.6 Å². The molecule has 2 fully saturated rings. The number of carbonyl (C=O) groups is 1. The smallest absolute Gasteiger partial charge is 0.309 e. The van der Waals surface area contributed by atoms with Gasteiger partial charge in [-0.25, -0.2) is 0 Å². The first-order valence-electron chi connectivity index (χ1n) is 7.01. The molecular formula is C15H22O3. The molecule has 1 aliphatic heterocycles. The highest BCUT2D eigenvalue weighted by Gasteiger charge is 2.56. The van der Waals surface area contributed by atoms with Crippen LogP contribution in [0, 0.1) is 23.7 Å². The Hall–Kier alpha value is -0.830. The van der Waals surface area contributed by atoms with Gasteiger partial charge in [0.1, 0.15) is 6.10 Å². The van der Waals surface area contributed by atoms with Gasteiger partial charge in [-0.1, -0.05) is 18.6 Å². The third-order valence-corrected chi connectivity index (χ3v) is 5.45. The molecule has 3 rings (SSSR count). The molecule has 0 aromatic rings. The van der Waals surface area contributed by atoms with E-state index in [2.05, 4.69) is 13.0 Å². The lowest BCUT2D eigenvalue weighted by atomic mass is 9.75. The summed E-state index contributed by atoms with van der Waals surface area (Å²) in [6, 6.07) is 0. The Labute approximate surface area is 108 Å². The van der Waals surface area contributed by atoms with Crippen molar-refractivity contribution in [1.82, 2.24) is 0 Å². The van der Waals surface area contributed by atoms with Crippen molar-refractivity contribution in [3.8, 4) is 0 Å². The molecule has 18 heavy (non-hydrogen) atoms. The van der Waals surface area contributed by atoms with Crippen LogP contribution in [0.25, 0.3) is 0 Å². The number of ether oxygens (including phenoxy) is 1. The van der Waals surface area contributed by atoms with Crippen LogP contribution in [0.15, 0.2) is 11.6 Å². The van der Waals surface area contributed by atoms with E-state index in [-0.39, 0.29) is 29.8 Å². The van der Waals surface area contributed by atoms with Gasteiger partial charge in [0, 0.05) is 11.8 Å². The Morgan fingerprint density at radius 3 is 2.94 bits per heavy atom. The van der Waals surface area contributed by atoms with Crippen molar-refractivity contribution in [2.24, 2.45) is 23.7 Å². The van der Waals surface area contributed by atoms with Crippen molar-refractivity contribution in [2.75, 3.05) is 0 Å². The predicted molar refractivity (Wildman–Crippen MR) is 67.7 cm³/mol. The van der Waals surface area contributed by atoms with E-state index in [9.17, 15) is 9.90 Å². The van der Waals surface area contributed by atoms with Crippen LogP contribution in [0.5, 0.6) is 0 Å². The quantitative estimate of drug-likeness (QED) is 0.530. The zero-order valence-electron chi connectivity index (χ0n) is 11.3. The molecular weight excluding hydrogens is 228 g/mol. The molecule has 1 N–H and O–H groups in total. The summed E-state index contributed by atoms with van der Waals surface area (Å²) < 4.78 is 5.62. The Bertz CT molecular complexity index is 410. The normalized spacial score (nSPS) is 51.2. The lowest BCUT2D eigenvalue weighted by Crippen LogP contribution is -2.42. The second kappa shape index (κ2) is 3.83. The van der Waals surface area contributed by atoms with Crippen LogP contribution in [-0.2, 0) is 9.53 Å². The van der Waals surface area contributed by atoms with Gasteiger partial charge in [-0.15, -0.1) is 0 Å². The SMILES string of the molecule is CC1=CC[C@@H]2[C@H](OC(=O)[C@H]2C)[C@@H]2[C@@H]1CC[C@]2(C)O. The molecule has 0 radical (unpaired) electrons. The van der Waals surface area contributed by atoms with Crippen LogP contribution in [-0.4, -0.2) is 22.8 Å². The number of hydrogen-bond acceptors (Lipinski definition) is 3. The predicted octanol–water partition coefficient (Wildman–Crippen LogP) is 2.29. The lowest BCUT2D eigenvalue weighted by Gasteiger charge is -2.34. The molecule has 0 bridgehead atoms. The largest absolute Gasteiger partial charge is 0.461 e. The average molecular weight is 250 g/mol. The highest BCUT2D eigenvalue weighted by Crippen LogP contribution is 2.52. The molecule has 3 aliphatic rings. The van der Waals surface area contributed by atoms with Crippen LogP contribution >= 0.6 is 0 Å². The Kier molecular flexibility index (Phi) is 2.60. The average Bonchev–Trinajstić information content (AvgIpc) is 2.69. The minimum Gasteiger partial charge on any atom is -0.461 e. The third kappa shape index (κ3) is 1.56. The van der Waals surface area contributed by atoms with Gasteiger partial charge < -0.3 is 9.84 Å². The lowest BCUT2D eigenvalue weighted by molar-refractivity contribution is -0.149. The minimum absolute atomic E-state index is 0.0331. The van der Waals surface area contributed by atoms with E-state index < -0.39 is 5.60 Å². The van der Waals surface area contributed by atoms with E-state index in [1.54, 1.807) is 0 Å². The third-order valence-electron chi connectivity index (χ3n) is 5.45. The van der Waals surface area contributed by atoms with Gasteiger partial charge in [-0.2, -0.15) is 0 Å². The van der Waals surface area contributed by atoms with Crippen LogP contribution in [0.3, 0.4) is 0 Å². The Morgan fingerprint density at radius 1 is 1.50 bits per heavy atom.